The highest BCUT2D eigenvalue weighted by Gasteiger charge is 2.07. The molecule has 2 nitrogen and oxygen atoms in total. The first-order chi connectivity index (χ1) is 6.06. The van der Waals surface area contributed by atoms with Crippen molar-refractivity contribution in [3.05, 3.63) is 0 Å². The second-order valence-electron chi connectivity index (χ2n) is 3.76. The van der Waals surface area contributed by atoms with E-state index in [4.69, 9.17) is 16.3 Å². The highest BCUT2D eigenvalue weighted by atomic mass is 35.5. The maximum Gasteiger partial charge on any atom is 0.321 e. The van der Waals surface area contributed by atoms with Gasteiger partial charge in [0.05, 0.1) is 6.10 Å². The third-order valence-electron chi connectivity index (χ3n) is 1.83. The average molecular weight is 207 g/mol. The highest BCUT2D eigenvalue weighted by Crippen LogP contribution is 2.10. The molecule has 78 valence electrons. The first kappa shape index (κ1) is 12.8. The fraction of sp³-hybridized carbons (Fsp3) is 0.900. The summed E-state index contributed by atoms with van der Waals surface area (Å²) in [5, 5.41) is 0. The van der Waals surface area contributed by atoms with E-state index < -0.39 is 0 Å². The van der Waals surface area contributed by atoms with Crippen LogP contribution < -0.4 is 0 Å². The van der Waals surface area contributed by atoms with Gasteiger partial charge in [0.15, 0.2) is 0 Å². The van der Waals surface area contributed by atoms with Crippen LogP contribution in [0.3, 0.4) is 0 Å². The zero-order valence-electron chi connectivity index (χ0n) is 8.68. The molecule has 0 aromatic rings. The monoisotopic (exact) mass is 206 g/mol. The maximum absolute atomic E-state index is 10.8. The lowest BCUT2D eigenvalue weighted by Gasteiger charge is -2.12. The Bertz CT molecular complexity index is 146. The highest BCUT2D eigenvalue weighted by molar-refractivity contribution is 6.26. The summed E-state index contributed by atoms with van der Waals surface area (Å²) >= 11 is 5.31. The zero-order chi connectivity index (χ0) is 10.3. The molecule has 0 aliphatic carbocycles. The van der Waals surface area contributed by atoms with Crippen LogP contribution in [-0.2, 0) is 9.53 Å². The minimum atomic E-state index is -0.321. The Hall–Kier alpha value is -0.240. The van der Waals surface area contributed by atoms with Crippen LogP contribution in [0.5, 0.6) is 0 Å². The van der Waals surface area contributed by atoms with E-state index in [1.165, 1.54) is 6.42 Å². The molecule has 0 aromatic carbocycles. The van der Waals surface area contributed by atoms with Crippen molar-refractivity contribution in [1.82, 2.24) is 0 Å². The van der Waals surface area contributed by atoms with E-state index in [9.17, 15) is 4.79 Å². The topological polar surface area (TPSA) is 26.3 Å². The number of hydrogen-bond acceptors (Lipinski definition) is 2. The molecule has 0 fully saturated rings. The smallest absolute Gasteiger partial charge is 0.321 e. The van der Waals surface area contributed by atoms with Crippen molar-refractivity contribution in [1.29, 1.82) is 0 Å². The number of esters is 1. The lowest BCUT2D eigenvalue weighted by molar-refractivity contribution is -0.145. The van der Waals surface area contributed by atoms with Crippen molar-refractivity contribution in [2.75, 3.05) is 5.88 Å². The maximum atomic E-state index is 10.8. The number of ether oxygens (including phenoxy) is 1. The number of hydrogen-bond donors (Lipinski definition) is 0. The van der Waals surface area contributed by atoms with Crippen LogP contribution in [0.15, 0.2) is 0 Å². The summed E-state index contributed by atoms with van der Waals surface area (Å²) in [5.41, 5.74) is 0. The molecule has 13 heavy (non-hydrogen) atoms. The first-order valence-corrected chi connectivity index (χ1v) is 5.35. The first-order valence-electron chi connectivity index (χ1n) is 4.81. The second-order valence-corrected chi connectivity index (χ2v) is 4.03. The quantitative estimate of drug-likeness (QED) is 0.494. The molecule has 3 heteroatoms. The predicted molar refractivity (Wildman–Crippen MR) is 55.0 cm³/mol. The van der Waals surface area contributed by atoms with E-state index in [0.717, 1.165) is 18.8 Å². The number of carbonyl (C=O) groups excluding carboxylic acids is 1. The van der Waals surface area contributed by atoms with Crippen molar-refractivity contribution in [3.8, 4) is 0 Å². The van der Waals surface area contributed by atoms with E-state index in [2.05, 4.69) is 13.8 Å². The number of alkyl halides is 1. The van der Waals surface area contributed by atoms with Gasteiger partial charge in [0, 0.05) is 0 Å². The average Bonchev–Trinajstić information content (AvgIpc) is 2.03. The predicted octanol–water partition coefficient (Wildman–Crippen LogP) is 2.98. The van der Waals surface area contributed by atoms with Crippen LogP contribution in [0, 0.1) is 5.92 Å². The molecular formula is C10H19ClO2. The molecule has 0 aliphatic heterocycles. The normalized spacial score (nSPS) is 13.0. The Balaban J connectivity index is 3.40. The van der Waals surface area contributed by atoms with E-state index in [1.807, 2.05) is 6.92 Å². The molecule has 0 radical (unpaired) electrons. The molecule has 0 rings (SSSR count). The standard InChI is InChI=1S/C10H19ClO2/c1-8(2)5-4-6-9(3)13-10(12)7-11/h8-9H,4-7H2,1-3H3. The Labute approximate surface area is 85.6 Å². The number of halogens is 1. The van der Waals surface area contributed by atoms with Gasteiger partial charge in [0.25, 0.3) is 0 Å². The SMILES string of the molecule is CC(C)CCCC(C)OC(=O)CCl. The van der Waals surface area contributed by atoms with E-state index >= 15 is 0 Å². The number of rotatable bonds is 6. The number of carbonyl (C=O) groups is 1. The van der Waals surface area contributed by atoms with Crippen LogP contribution in [0.2, 0.25) is 0 Å². The van der Waals surface area contributed by atoms with Crippen molar-refractivity contribution in [2.45, 2.75) is 46.1 Å². The molecule has 0 saturated carbocycles. The van der Waals surface area contributed by atoms with Crippen LogP contribution in [0.4, 0.5) is 0 Å². The summed E-state index contributed by atoms with van der Waals surface area (Å²) in [6.45, 7) is 6.29. The molecule has 0 spiro atoms. The van der Waals surface area contributed by atoms with Gasteiger partial charge in [-0.1, -0.05) is 20.3 Å². The van der Waals surface area contributed by atoms with Gasteiger partial charge in [0.1, 0.15) is 5.88 Å². The van der Waals surface area contributed by atoms with Crippen molar-refractivity contribution < 1.29 is 9.53 Å². The Kier molecular flexibility index (Phi) is 7.06. The summed E-state index contributed by atoms with van der Waals surface area (Å²) in [4.78, 5) is 10.8. The minimum absolute atomic E-state index is 0.00463. The molecule has 0 bridgehead atoms. The Morgan fingerprint density at radius 3 is 2.38 bits per heavy atom. The van der Waals surface area contributed by atoms with Crippen molar-refractivity contribution in [3.63, 3.8) is 0 Å². The third-order valence-corrected chi connectivity index (χ3v) is 2.05. The largest absolute Gasteiger partial charge is 0.462 e. The van der Waals surface area contributed by atoms with E-state index in [0.29, 0.717) is 0 Å². The van der Waals surface area contributed by atoms with Crippen LogP contribution in [0.25, 0.3) is 0 Å². The lowest BCUT2D eigenvalue weighted by Crippen LogP contribution is -2.15. The van der Waals surface area contributed by atoms with Gasteiger partial charge < -0.3 is 4.74 Å². The van der Waals surface area contributed by atoms with E-state index in [1.54, 1.807) is 0 Å². The Morgan fingerprint density at radius 2 is 1.92 bits per heavy atom. The van der Waals surface area contributed by atoms with Gasteiger partial charge in [0.2, 0.25) is 0 Å². The molecule has 0 heterocycles. The molecule has 0 aliphatic rings. The van der Waals surface area contributed by atoms with Gasteiger partial charge in [-0.3, -0.25) is 4.79 Å². The molecule has 0 amide bonds. The minimum Gasteiger partial charge on any atom is -0.462 e. The fourth-order valence-corrected chi connectivity index (χ4v) is 1.19. The van der Waals surface area contributed by atoms with Gasteiger partial charge in [-0.25, -0.2) is 0 Å². The third kappa shape index (κ3) is 8.10. The van der Waals surface area contributed by atoms with Crippen LogP contribution >= 0.6 is 11.6 Å². The summed E-state index contributed by atoms with van der Waals surface area (Å²) in [5.74, 6) is 0.351. The molecule has 0 N–H and O–H groups in total. The van der Waals surface area contributed by atoms with Crippen molar-refractivity contribution >= 4 is 17.6 Å². The summed E-state index contributed by atoms with van der Waals surface area (Å²) in [6, 6.07) is 0. The summed E-state index contributed by atoms with van der Waals surface area (Å²) in [7, 11) is 0. The van der Waals surface area contributed by atoms with Gasteiger partial charge in [-0.15, -0.1) is 11.6 Å². The molecule has 1 atom stereocenters. The lowest BCUT2D eigenvalue weighted by atomic mass is 10.0. The van der Waals surface area contributed by atoms with Gasteiger partial charge in [-0.2, -0.15) is 0 Å². The van der Waals surface area contributed by atoms with Gasteiger partial charge >= 0.3 is 5.97 Å². The van der Waals surface area contributed by atoms with Gasteiger partial charge in [-0.05, 0) is 25.7 Å². The second kappa shape index (κ2) is 7.19. The van der Waals surface area contributed by atoms with Crippen molar-refractivity contribution in [2.24, 2.45) is 5.92 Å². The Morgan fingerprint density at radius 1 is 1.31 bits per heavy atom. The molecule has 1 unspecified atom stereocenters. The summed E-state index contributed by atoms with van der Waals surface area (Å²) in [6.07, 6.45) is 3.22. The van der Waals surface area contributed by atoms with E-state index in [-0.39, 0.29) is 18.0 Å². The molecule has 0 saturated heterocycles. The summed E-state index contributed by atoms with van der Waals surface area (Å²) < 4.78 is 5.01. The zero-order valence-corrected chi connectivity index (χ0v) is 9.43. The molecule has 0 aromatic heterocycles. The fourth-order valence-electron chi connectivity index (χ4n) is 1.13. The molecular weight excluding hydrogens is 188 g/mol. The van der Waals surface area contributed by atoms with Crippen LogP contribution in [-0.4, -0.2) is 18.0 Å². The van der Waals surface area contributed by atoms with Crippen LogP contribution in [0.1, 0.15) is 40.0 Å².